The zero-order valence-corrected chi connectivity index (χ0v) is 10.0. The van der Waals surface area contributed by atoms with Crippen molar-refractivity contribution >= 4 is 21.8 Å². The van der Waals surface area contributed by atoms with Gasteiger partial charge >= 0.3 is 0 Å². The first-order valence-corrected chi connectivity index (χ1v) is 5.80. The molecule has 1 atom stereocenters. The third-order valence-corrected chi connectivity index (χ3v) is 3.22. The molecule has 1 saturated heterocycles. The molecule has 1 aliphatic rings. The number of carbonyl (C=O) groups is 1. The number of carbonyl (C=O) groups excluding carboxylic acids is 1. The third-order valence-electron chi connectivity index (χ3n) is 2.37. The molecule has 1 fully saturated rings. The average Bonchev–Trinajstić information content (AvgIpc) is 2.59. The summed E-state index contributed by atoms with van der Waals surface area (Å²) in [4.78, 5) is 17.5. The zero-order valence-electron chi connectivity index (χ0n) is 8.44. The van der Waals surface area contributed by atoms with Crippen LogP contribution in [0.25, 0.3) is 0 Å². The predicted molar refractivity (Wildman–Crippen MR) is 56.4 cm³/mol. The van der Waals surface area contributed by atoms with Crippen LogP contribution in [-0.4, -0.2) is 32.3 Å². The number of likely N-dealkylation sites (tertiary alicyclic amines) is 1. The summed E-state index contributed by atoms with van der Waals surface area (Å²) >= 11 is 3.36. The van der Waals surface area contributed by atoms with Crippen LogP contribution in [0.1, 0.15) is 24.6 Å². The Labute approximate surface area is 96.0 Å². The highest BCUT2D eigenvalue weighted by molar-refractivity contribution is 9.10. The molecule has 1 aliphatic heterocycles. The van der Waals surface area contributed by atoms with Gasteiger partial charge in [-0.15, -0.1) is 0 Å². The van der Waals surface area contributed by atoms with Crippen LogP contribution < -0.4 is 0 Å². The van der Waals surface area contributed by atoms with E-state index in [1.807, 2.05) is 0 Å². The molecule has 0 spiro atoms. The highest BCUT2D eigenvalue weighted by atomic mass is 79.9. The SMILES string of the molecule is Cc1nc(CN2CCCC(Br)C2=O)no1. The van der Waals surface area contributed by atoms with Crippen LogP contribution in [0, 0.1) is 6.92 Å². The number of aromatic nitrogens is 2. The molecule has 15 heavy (non-hydrogen) atoms. The summed E-state index contributed by atoms with van der Waals surface area (Å²) in [5, 5.41) is 3.77. The van der Waals surface area contributed by atoms with Crippen molar-refractivity contribution in [2.45, 2.75) is 31.1 Å². The third kappa shape index (κ3) is 2.37. The lowest BCUT2D eigenvalue weighted by Gasteiger charge is -2.28. The van der Waals surface area contributed by atoms with Crippen molar-refractivity contribution in [1.82, 2.24) is 15.0 Å². The molecular weight excluding hydrogens is 262 g/mol. The lowest BCUT2D eigenvalue weighted by Crippen LogP contribution is -2.41. The molecule has 0 aliphatic carbocycles. The van der Waals surface area contributed by atoms with E-state index in [9.17, 15) is 4.79 Å². The largest absolute Gasteiger partial charge is 0.340 e. The fourth-order valence-electron chi connectivity index (χ4n) is 1.63. The fraction of sp³-hybridized carbons (Fsp3) is 0.667. The molecule has 1 aromatic heterocycles. The van der Waals surface area contributed by atoms with Crippen molar-refractivity contribution in [1.29, 1.82) is 0 Å². The van der Waals surface area contributed by atoms with Crippen LogP contribution in [-0.2, 0) is 11.3 Å². The number of hydrogen-bond acceptors (Lipinski definition) is 4. The fourth-order valence-corrected chi connectivity index (χ4v) is 2.24. The van der Waals surface area contributed by atoms with Gasteiger partial charge in [0.05, 0.1) is 11.4 Å². The predicted octanol–water partition coefficient (Wildman–Crippen LogP) is 1.26. The molecule has 82 valence electrons. The van der Waals surface area contributed by atoms with E-state index in [4.69, 9.17) is 4.52 Å². The first kappa shape index (κ1) is 10.6. The van der Waals surface area contributed by atoms with E-state index in [2.05, 4.69) is 26.1 Å². The number of hydrogen-bond donors (Lipinski definition) is 0. The maximum Gasteiger partial charge on any atom is 0.236 e. The van der Waals surface area contributed by atoms with Crippen molar-refractivity contribution in [2.75, 3.05) is 6.54 Å². The van der Waals surface area contributed by atoms with Crippen LogP contribution >= 0.6 is 15.9 Å². The molecule has 0 aromatic carbocycles. The Bertz CT molecular complexity index is 366. The summed E-state index contributed by atoms with van der Waals surface area (Å²) in [6.45, 7) is 2.95. The van der Waals surface area contributed by atoms with Crippen LogP contribution in [0.3, 0.4) is 0 Å². The Kier molecular flexibility index (Phi) is 3.04. The van der Waals surface area contributed by atoms with Gasteiger partial charge < -0.3 is 9.42 Å². The molecule has 6 heteroatoms. The monoisotopic (exact) mass is 273 g/mol. The number of alkyl halides is 1. The maximum absolute atomic E-state index is 11.7. The second-order valence-corrected chi connectivity index (χ2v) is 4.70. The van der Waals surface area contributed by atoms with E-state index >= 15 is 0 Å². The van der Waals surface area contributed by atoms with Crippen molar-refractivity contribution in [3.05, 3.63) is 11.7 Å². The van der Waals surface area contributed by atoms with E-state index in [1.54, 1.807) is 11.8 Å². The van der Waals surface area contributed by atoms with Crippen molar-refractivity contribution in [3.63, 3.8) is 0 Å². The van der Waals surface area contributed by atoms with E-state index in [0.29, 0.717) is 18.3 Å². The number of nitrogens with zero attached hydrogens (tertiary/aromatic N) is 3. The summed E-state index contributed by atoms with van der Waals surface area (Å²) < 4.78 is 4.86. The normalized spacial score (nSPS) is 22.1. The maximum atomic E-state index is 11.7. The van der Waals surface area contributed by atoms with Crippen LogP contribution in [0.2, 0.25) is 0 Å². The molecule has 0 N–H and O–H groups in total. The van der Waals surface area contributed by atoms with E-state index in [1.165, 1.54) is 0 Å². The Morgan fingerprint density at radius 3 is 3.13 bits per heavy atom. The molecule has 1 amide bonds. The van der Waals surface area contributed by atoms with Gasteiger partial charge in [0.2, 0.25) is 11.8 Å². The first-order chi connectivity index (χ1) is 7.16. The van der Waals surface area contributed by atoms with Gasteiger partial charge in [0.1, 0.15) is 0 Å². The molecule has 2 rings (SSSR count). The van der Waals surface area contributed by atoms with E-state index in [0.717, 1.165) is 19.4 Å². The number of amides is 1. The number of piperidine rings is 1. The molecule has 0 bridgehead atoms. The van der Waals surface area contributed by atoms with Crippen LogP contribution in [0.15, 0.2) is 4.52 Å². The number of halogens is 1. The number of rotatable bonds is 2. The standard InChI is InChI=1S/C9H12BrN3O2/c1-6-11-8(12-15-6)5-13-4-2-3-7(10)9(13)14/h7H,2-5H2,1H3. The summed E-state index contributed by atoms with van der Waals surface area (Å²) in [5.74, 6) is 1.22. The first-order valence-electron chi connectivity index (χ1n) is 4.89. The molecular formula is C9H12BrN3O2. The quantitative estimate of drug-likeness (QED) is 0.762. The van der Waals surface area contributed by atoms with Gasteiger partial charge in [-0.1, -0.05) is 21.1 Å². The topological polar surface area (TPSA) is 59.2 Å². The van der Waals surface area contributed by atoms with Crippen molar-refractivity contribution in [2.24, 2.45) is 0 Å². The van der Waals surface area contributed by atoms with Gasteiger partial charge in [-0.25, -0.2) is 0 Å². The minimum Gasteiger partial charge on any atom is -0.340 e. The number of aryl methyl sites for hydroxylation is 1. The smallest absolute Gasteiger partial charge is 0.236 e. The molecule has 2 heterocycles. The van der Waals surface area contributed by atoms with Gasteiger partial charge in [0.25, 0.3) is 0 Å². The second-order valence-electron chi connectivity index (χ2n) is 3.60. The highest BCUT2D eigenvalue weighted by Gasteiger charge is 2.27. The Morgan fingerprint density at radius 2 is 2.47 bits per heavy atom. The van der Waals surface area contributed by atoms with Gasteiger partial charge in [0, 0.05) is 13.5 Å². The van der Waals surface area contributed by atoms with Crippen LogP contribution in [0.4, 0.5) is 0 Å². The van der Waals surface area contributed by atoms with Gasteiger partial charge in [-0.2, -0.15) is 4.98 Å². The van der Waals surface area contributed by atoms with Crippen LogP contribution in [0.5, 0.6) is 0 Å². The van der Waals surface area contributed by atoms with Gasteiger partial charge in [-0.3, -0.25) is 4.79 Å². The highest BCUT2D eigenvalue weighted by Crippen LogP contribution is 2.19. The molecule has 1 unspecified atom stereocenters. The molecule has 0 saturated carbocycles. The van der Waals surface area contributed by atoms with Crippen molar-refractivity contribution < 1.29 is 9.32 Å². The average molecular weight is 274 g/mol. The Hall–Kier alpha value is -0.910. The minimum atomic E-state index is -0.0563. The lowest BCUT2D eigenvalue weighted by atomic mass is 10.1. The summed E-state index contributed by atoms with van der Waals surface area (Å²) in [5.41, 5.74) is 0. The second kappa shape index (κ2) is 4.30. The zero-order chi connectivity index (χ0) is 10.8. The van der Waals surface area contributed by atoms with Crippen molar-refractivity contribution in [3.8, 4) is 0 Å². The minimum absolute atomic E-state index is 0.0563. The lowest BCUT2D eigenvalue weighted by molar-refractivity contribution is -0.133. The summed E-state index contributed by atoms with van der Waals surface area (Å²) in [6, 6.07) is 0. The van der Waals surface area contributed by atoms with Gasteiger partial charge in [0.15, 0.2) is 5.82 Å². The summed E-state index contributed by atoms with van der Waals surface area (Å²) in [6.07, 6.45) is 1.92. The molecule has 5 nitrogen and oxygen atoms in total. The Balaban J connectivity index is 2.02. The molecule has 1 aromatic rings. The van der Waals surface area contributed by atoms with E-state index in [-0.39, 0.29) is 10.7 Å². The van der Waals surface area contributed by atoms with E-state index < -0.39 is 0 Å². The Morgan fingerprint density at radius 1 is 1.67 bits per heavy atom. The summed E-state index contributed by atoms with van der Waals surface area (Å²) in [7, 11) is 0. The molecule has 0 radical (unpaired) electrons. The van der Waals surface area contributed by atoms with Gasteiger partial charge in [-0.05, 0) is 12.8 Å².